The van der Waals surface area contributed by atoms with Crippen molar-refractivity contribution in [3.8, 4) is 5.75 Å². The van der Waals surface area contributed by atoms with E-state index in [1.54, 1.807) is 20.0 Å². The summed E-state index contributed by atoms with van der Waals surface area (Å²) in [7, 11) is 4.67. The topological polar surface area (TPSA) is 43.4 Å². The fourth-order valence-electron chi connectivity index (χ4n) is 0.974. The third-order valence-electron chi connectivity index (χ3n) is 1.58. The van der Waals surface area contributed by atoms with Gasteiger partial charge in [0, 0.05) is 10.7 Å². The van der Waals surface area contributed by atoms with Crippen molar-refractivity contribution in [2.75, 3.05) is 7.11 Å². The lowest BCUT2D eigenvalue weighted by molar-refractivity contribution is 0.403. The second-order valence-corrected chi connectivity index (χ2v) is 5.13. The van der Waals surface area contributed by atoms with Gasteiger partial charge in [0.2, 0.25) is 0 Å². The molecule has 0 aliphatic heterocycles. The Balaban J connectivity index is 3.41. The average molecular weight is 218 g/mol. The lowest BCUT2D eigenvalue weighted by atomic mass is 9.97. The molecule has 0 N–H and O–H groups in total. The van der Waals surface area contributed by atoms with Gasteiger partial charge in [-0.1, -0.05) is 11.5 Å². The Morgan fingerprint density at radius 2 is 2.08 bits per heavy atom. The molecular weight excluding hydrogens is 210 g/mol. The maximum atomic E-state index is 11.1. The zero-order valence-corrected chi connectivity index (χ0v) is 8.82. The van der Waals surface area contributed by atoms with Crippen LogP contribution in [0.1, 0.15) is 0 Å². The molecule has 6 heteroatoms. The van der Waals surface area contributed by atoms with Crippen molar-refractivity contribution in [2.24, 2.45) is 0 Å². The molecule has 0 bridgehead atoms. The van der Waals surface area contributed by atoms with Crippen LogP contribution in [0.3, 0.4) is 0 Å². The van der Waals surface area contributed by atoms with Gasteiger partial charge in [-0.15, -0.1) is 0 Å². The van der Waals surface area contributed by atoms with Crippen molar-refractivity contribution in [3.05, 3.63) is 18.2 Å². The van der Waals surface area contributed by atoms with Crippen LogP contribution in [0.15, 0.2) is 23.1 Å². The third-order valence-corrected chi connectivity index (χ3v) is 2.92. The van der Waals surface area contributed by atoms with Crippen molar-refractivity contribution in [2.45, 2.75) is 4.90 Å². The molecule has 1 aromatic carbocycles. The lowest BCUT2D eigenvalue weighted by Crippen LogP contribution is -2.06. The van der Waals surface area contributed by atoms with E-state index in [2.05, 4.69) is 0 Å². The van der Waals surface area contributed by atoms with E-state index in [0.717, 1.165) is 5.46 Å². The molecule has 0 aromatic heterocycles. The first-order chi connectivity index (χ1) is 5.95. The number of hydrogen-bond acceptors (Lipinski definition) is 3. The standard InChI is InChI=1S/C7H8BClO3S/c1-12-6-3-2-5(8)4-7(6)13(9,10)11/h2-4H,8H2,1H3. The summed E-state index contributed by atoms with van der Waals surface area (Å²) in [6.45, 7) is 0. The maximum absolute atomic E-state index is 11.1. The SMILES string of the molecule is Bc1ccc(OC)c(S(=O)(=O)Cl)c1. The van der Waals surface area contributed by atoms with Crippen LogP contribution in [0, 0.1) is 0 Å². The smallest absolute Gasteiger partial charge is 0.264 e. The van der Waals surface area contributed by atoms with Gasteiger partial charge in [-0.3, -0.25) is 0 Å². The minimum absolute atomic E-state index is 0.0108. The molecule has 0 aliphatic carbocycles. The number of methoxy groups -OCH3 is 1. The third kappa shape index (κ3) is 2.38. The number of rotatable bonds is 2. The van der Waals surface area contributed by atoms with E-state index in [1.165, 1.54) is 13.2 Å². The molecule has 0 atom stereocenters. The molecule has 0 saturated carbocycles. The first-order valence-corrected chi connectivity index (χ1v) is 5.85. The maximum Gasteiger partial charge on any atom is 0.264 e. The molecule has 1 aromatic rings. The van der Waals surface area contributed by atoms with Gasteiger partial charge in [-0.25, -0.2) is 8.42 Å². The molecule has 1 rings (SSSR count). The van der Waals surface area contributed by atoms with Gasteiger partial charge in [0.1, 0.15) is 18.5 Å². The zero-order chi connectivity index (χ0) is 10.1. The number of hydrogen-bond donors (Lipinski definition) is 0. The summed E-state index contributed by atoms with van der Waals surface area (Å²) >= 11 is 0. The normalized spacial score (nSPS) is 11.2. The van der Waals surface area contributed by atoms with Gasteiger partial charge in [0.15, 0.2) is 0 Å². The summed E-state index contributed by atoms with van der Waals surface area (Å²) in [5.74, 6) is 0.264. The van der Waals surface area contributed by atoms with Crippen molar-refractivity contribution < 1.29 is 13.2 Å². The van der Waals surface area contributed by atoms with E-state index in [1.807, 2.05) is 0 Å². The van der Waals surface area contributed by atoms with Gasteiger partial charge in [0.05, 0.1) is 7.11 Å². The predicted octanol–water partition coefficient (Wildman–Crippen LogP) is -0.119. The Kier molecular flexibility index (Phi) is 2.88. The first kappa shape index (κ1) is 10.4. The average Bonchev–Trinajstić information content (AvgIpc) is 2.03. The quantitative estimate of drug-likeness (QED) is 0.514. The largest absolute Gasteiger partial charge is 0.495 e. The summed E-state index contributed by atoms with van der Waals surface area (Å²) < 4.78 is 27.0. The minimum atomic E-state index is -3.72. The van der Waals surface area contributed by atoms with E-state index in [0.29, 0.717) is 0 Å². The number of ether oxygens (including phenoxy) is 1. The molecule has 0 amide bonds. The fraction of sp³-hybridized carbons (Fsp3) is 0.143. The van der Waals surface area contributed by atoms with Crippen LogP contribution in [0.2, 0.25) is 0 Å². The number of benzene rings is 1. The summed E-state index contributed by atoms with van der Waals surface area (Å²) in [6.07, 6.45) is 0. The summed E-state index contributed by atoms with van der Waals surface area (Å²) in [6, 6.07) is 4.80. The highest BCUT2D eigenvalue weighted by Gasteiger charge is 2.15. The van der Waals surface area contributed by atoms with Crippen molar-refractivity contribution >= 4 is 33.0 Å². The number of halogens is 1. The predicted molar refractivity (Wildman–Crippen MR) is 54.2 cm³/mol. The summed E-state index contributed by atoms with van der Waals surface area (Å²) in [5, 5.41) is 0. The van der Waals surface area contributed by atoms with Crippen LogP contribution in [0.5, 0.6) is 5.75 Å². The van der Waals surface area contributed by atoms with Gasteiger partial charge in [-0.2, -0.15) is 0 Å². The van der Waals surface area contributed by atoms with Gasteiger partial charge >= 0.3 is 0 Å². The van der Waals surface area contributed by atoms with Gasteiger partial charge in [-0.05, 0) is 12.1 Å². The second kappa shape index (κ2) is 3.60. The molecule has 13 heavy (non-hydrogen) atoms. The highest BCUT2D eigenvalue weighted by molar-refractivity contribution is 8.13. The first-order valence-electron chi connectivity index (χ1n) is 3.54. The van der Waals surface area contributed by atoms with Crippen molar-refractivity contribution in [1.29, 1.82) is 0 Å². The molecule has 0 heterocycles. The summed E-state index contributed by atoms with van der Waals surface area (Å²) in [4.78, 5) is 0.0108. The Bertz CT molecular complexity index is 416. The second-order valence-electron chi connectivity index (χ2n) is 2.59. The lowest BCUT2D eigenvalue weighted by Gasteiger charge is -2.05. The van der Waals surface area contributed by atoms with Gasteiger partial charge in [0.25, 0.3) is 9.05 Å². The van der Waals surface area contributed by atoms with E-state index in [4.69, 9.17) is 15.4 Å². The van der Waals surface area contributed by atoms with Crippen LogP contribution in [-0.4, -0.2) is 23.4 Å². The zero-order valence-electron chi connectivity index (χ0n) is 7.24. The van der Waals surface area contributed by atoms with Crippen molar-refractivity contribution in [1.82, 2.24) is 0 Å². The Morgan fingerprint density at radius 3 is 2.54 bits per heavy atom. The van der Waals surface area contributed by atoms with Gasteiger partial charge < -0.3 is 4.74 Å². The molecule has 0 spiro atoms. The molecule has 3 nitrogen and oxygen atoms in total. The molecule has 0 radical (unpaired) electrons. The van der Waals surface area contributed by atoms with Crippen LogP contribution >= 0.6 is 10.7 Å². The monoisotopic (exact) mass is 218 g/mol. The van der Waals surface area contributed by atoms with Crippen LogP contribution in [-0.2, 0) is 9.05 Å². The van der Waals surface area contributed by atoms with E-state index < -0.39 is 9.05 Å². The molecule has 0 fully saturated rings. The molecule has 70 valence electrons. The molecule has 0 aliphatic rings. The highest BCUT2D eigenvalue weighted by Crippen LogP contribution is 2.24. The van der Waals surface area contributed by atoms with E-state index in [9.17, 15) is 8.42 Å². The summed E-state index contributed by atoms with van der Waals surface area (Å²) in [5.41, 5.74) is 0.819. The van der Waals surface area contributed by atoms with Crippen LogP contribution < -0.4 is 10.2 Å². The molecule has 0 saturated heterocycles. The fourth-order valence-corrected chi connectivity index (χ4v) is 2.05. The van der Waals surface area contributed by atoms with E-state index >= 15 is 0 Å². The minimum Gasteiger partial charge on any atom is -0.495 e. The van der Waals surface area contributed by atoms with Crippen LogP contribution in [0.4, 0.5) is 0 Å². The molecule has 0 unspecified atom stereocenters. The van der Waals surface area contributed by atoms with E-state index in [-0.39, 0.29) is 10.6 Å². The Morgan fingerprint density at radius 1 is 1.46 bits per heavy atom. The Hall–Kier alpha value is -0.675. The highest BCUT2D eigenvalue weighted by atomic mass is 35.7. The molecular formula is C7H8BClO3S. The van der Waals surface area contributed by atoms with Crippen LogP contribution in [0.25, 0.3) is 0 Å². The van der Waals surface area contributed by atoms with Crippen molar-refractivity contribution in [3.63, 3.8) is 0 Å². The Labute approximate surface area is 82.5 Å².